The zero-order valence-electron chi connectivity index (χ0n) is 14.4. The topological polar surface area (TPSA) is 47.6 Å². The lowest BCUT2D eigenvalue weighted by Crippen LogP contribution is -2.13. The third kappa shape index (κ3) is 5.30. The van der Waals surface area contributed by atoms with E-state index in [2.05, 4.69) is 12.2 Å². The number of carbonyl (C=O) groups is 1. The quantitative estimate of drug-likeness (QED) is 0.666. The van der Waals surface area contributed by atoms with Crippen molar-refractivity contribution in [2.75, 3.05) is 19.0 Å². The fourth-order valence-electron chi connectivity index (χ4n) is 2.41. The molecule has 1 amide bonds. The average molecular weight is 327 g/mol. The monoisotopic (exact) mass is 327 g/mol. The molecule has 2 aromatic rings. The summed E-state index contributed by atoms with van der Waals surface area (Å²) in [5, 5.41) is 2.89. The van der Waals surface area contributed by atoms with Gasteiger partial charge < -0.3 is 14.8 Å². The van der Waals surface area contributed by atoms with Crippen LogP contribution in [0.3, 0.4) is 0 Å². The SMILES string of the molecule is CCCCCCOc1cccc(NC(=O)c2ccccc2OC)c1. The maximum atomic E-state index is 12.4. The third-order valence-corrected chi connectivity index (χ3v) is 3.71. The van der Waals surface area contributed by atoms with Crippen LogP contribution in [0.4, 0.5) is 5.69 Å². The van der Waals surface area contributed by atoms with Gasteiger partial charge in [0.25, 0.3) is 5.91 Å². The fraction of sp³-hybridized carbons (Fsp3) is 0.350. The predicted molar refractivity (Wildman–Crippen MR) is 97.0 cm³/mol. The smallest absolute Gasteiger partial charge is 0.259 e. The molecule has 0 spiro atoms. The molecule has 128 valence electrons. The largest absolute Gasteiger partial charge is 0.496 e. The molecular formula is C20H25NO3. The highest BCUT2D eigenvalue weighted by atomic mass is 16.5. The number of methoxy groups -OCH3 is 1. The predicted octanol–water partition coefficient (Wildman–Crippen LogP) is 4.91. The lowest BCUT2D eigenvalue weighted by Gasteiger charge is -2.11. The number of nitrogens with one attached hydrogen (secondary N) is 1. The van der Waals surface area contributed by atoms with Gasteiger partial charge in [-0.2, -0.15) is 0 Å². The molecule has 2 rings (SSSR count). The standard InChI is InChI=1S/C20H25NO3/c1-3-4-5-8-14-24-17-11-9-10-16(15-17)21-20(22)18-12-6-7-13-19(18)23-2/h6-7,9-13,15H,3-5,8,14H2,1-2H3,(H,21,22). The Morgan fingerprint density at radius 2 is 1.88 bits per heavy atom. The van der Waals surface area contributed by atoms with Gasteiger partial charge in [0.15, 0.2) is 0 Å². The minimum absolute atomic E-state index is 0.201. The molecule has 0 saturated heterocycles. The van der Waals surface area contributed by atoms with Crippen molar-refractivity contribution < 1.29 is 14.3 Å². The summed E-state index contributed by atoms with van der Waals surface area (Å²) < 4.78 is 11.0. The molecule has 0 bridgehead atoms. The Bertz CT molecular complexity index is 655. The minimum atomic E-state index is -0.201. The number of hydrogen-bond donors (Lipinski definition) is 1. The minimum Gasteiger partial charge on any atom is -0.496 e. The van der Waals surface area contributed by atoms with E-state index in [9.17, 15) is 4.79 Å². The summed E-state index contributed by atoms with van der Waals surface area (Å²) in [7, 11) is 1.55. The zero-order valence-corrected chi connectivity index (χ0v) is 14.4. The van der Waals surface area contributed by atoms with Gasteiger partial charge in [-0.1, -0.05) is 44.4 Å². The lowest BCUT2D eigenvalue weighted by atomic mass is 10.2. The van der Waals surface area contributed by atoms with E-state index in [1.807, 2.05) is 36.4 Å². The molecule has 4 heteroatoms. The van der Waals surface area contributed by atoms with Crippen molar-refractivity contribution in [3.05, 3.63) is 54.1 Å². The molecule has 2 aromatic carbocycles. The van der Waals surface area contributed by atoms with Crippen molar-refractivity contribution in [3.63, 3.8) is 0 Å². The lowest BCUT2D eigenvalue weighted by molar-refractivity contribution is 0.102. The van der Waals surface area contributed by atoms with E-state index in [-0.39, 0.29) is 5.91 Å². The van der Waals surface area contributed by atoms with Crippen LogP contribution in [0.5, 0.6) is 11.5 Å². The molecule has 0 aromatic heterocycles. The van der Waals surface area contributed by atoms with E-state index in [4.69, 9.17) is 9.47 Å². The van der Waals surface area contributed by atoms with Gasteiger partial charge >= 0.3 is 0 Å². The first-order chi connectivity index (χ1) is 11.7. The van der Waals surface area contributed by atoms with Crippen molar-refractivity contribution >= 4 is 11.6 Å². The molecule has 0 heterocycles. The first-order valence-corrected chi connectivity index (χ1v) is 8.42. The summed E-state index contributed by atoms with van der Waals surface area (Å²) in [5.41, 5.74) is 1.21. The van der Waals surface area contributed by atoms with Crippen molar-refractivity contribution in [2.24, 2.45) is 0 Å². The van der Waals surface area contributed by atoms with Gasteiger partial charge in [-0.05, 0) is 30.7 Å². The van der Waals surface area contributed by atoms with Gasteiger partial charge in [0.2, 0.25) is 0 Å². The zero-order chi connectivity index (χ0) is 17.2. The first-order valence-electron chi connectivity index (χ1n) is 8.42. The van der Waals surface area contributed by atoms with Gasteiger partial charge in [0, 0.05) is 11.8 Å². The van der Waals surface area contributed by atoms with E-state index in [0.717, 1.165) is 12.2 Å². The number of amides is 1. The number of ether oxygens (including phenoxy) is 2. The van der Waals surface area contributed by atoms with E-state index < -0.39 is 0 Å². The van der Waals surface area contributed by atoms with Crippen LogP contribution < -0.4 is 14.8 Å². The Morgan fingerprint density at radius 3 is 2.67 bits per heavy atom. The molecule has 0 saturated carbocycles. The van der Waals surface area contributed by atoms with Crippen LogP contribution in [0.25, 0.3) is 0 Å². The van der Waals surface area contributed by atoms with Crippen LogP contribution in [-0.2, 0) is 0 Å². The molecule has 4 nitrogen and oxygen atoms in total. The van der Waals surface area contributed by atoms with Gasteiger partial charge in [-0.25, -0.2) is 0 Å². The Hall–Kier alpha value is -2.49. The van der Waals surface area contributed by atoms with Crippen LogP contribution >= 0.6 is 0 Å². The van der Waals surface area contributed by atoms with Gasteiger partial charge in [0.05, 0.1) is 19.3 Å². The van der Waals surface area contributed by atoms with Crippen molar-refractivity contribution in [3.8, 4) is 11.5 Å². The molecule has 0 aliphatic rings. The second-order valence-electron chi connectivity index (χ2n) is 5.59. The molecule has 24 heavy (non-hydrogen) atoms. The molecule has 0 atom stereocenters. The first kappa shape index (κ1) is 17.9. The summed E-state index contributed by atoms with van der Waals surface area (Å²) >= 11 is 0. The van der Waals surface area contributed by atoms with Crippen molar-refractivity contribution in [1.29, 1.82) is 0 Å². The van der Waals surface area contributed by atoms with E-state index in [1.165, 1.54) is 19.3 Å². The Labute approximate surface area is 143 Å². The number of rotatable bonds is 9. The summed E-state index contributed by atoms with van der Waals surface area (Å²) in [6.07, 6.45) is 4.68. The fourth-order valence-corrected chi connectivity index (χ4v) is 2.41. The van der Waals surface area contributed by atoms with Crippen molar-refractivity contribution in [1.82, 2.24) is 0 Å². The van der Waals surface area contributed by atoms with Crippen LogP contribution in [0.15, 0.2) is 48.5 Å². The summed E-state index contributed by atoms with van der Waals surface area (Å²) in [6.45, 7) is 2.89. The van der Waals surface area contributed by atoms with E-state index in [0.29, 0.717) is 23.6 Å². The number of hydrogen-bond acceptors (Lipinski definition) is 3. The van der Waals surface area contributed by atoms with Crippen LogP contribution in [0, 0.1) is 0 Å². The molecule has 1 N–H and O–H groups in total. The van der Waals surface area contributed by atoms with Gasteiger partial charge in [-0.3, -0.25) is 4.79 Å². The molecule has 0 radical (unpaired) electrons. The molecular weight excluding hydrogens is 302 g/mol. The van der Waals surface area contributed by atoms with Gasteiger partial charge in [0.1, 0.15) is 11.5 Å². The molecule has 0 aliphatic heterocycles. The molecule has 0 unspecified atom stereocenters. The number of unbranched alkanes of at least 4 members (excludes halogenated alkanes) is 3. The molecule has 0 fully saturated rings. The van der Waals surface area contributed by atoms with Gasteiger partial charge in [-0.15, -0.1) is 0 Å². The highest BCUT2D eigenvalue weighted by Crippen LogP contribution is 2.21. The maximum absolute atomic E-state index is 12.4. The second kappa shape index (κ2) is 9.60. The van der Waals surface area contributed by atoms with E-state index in [1.54, 1.807) is 19.2 Å². The third-order valence-electron chi connectivity index (χ3n) is 3.71. The number of para-hydroxylation sites is 1. The Kier molecular flexibility index (Phi) is 7.15. The molecule has 0 aliphatic carbocycles. The highest BCUT2D eigenvalue weighted by Gasteiger charge is 2.11. The van der Waals surface area contributed by atoms with Crippen LogP contribution in [-0.4, -0.2) is 19.6 Å². The summed E-state index contributed by atoms with van der Waals surface area (Å²) in [5.74, 6) is 1.12. The number of carbonyl (C=O) groups excluding carboxylic acids is 1. The van der Waals surface area contributed by atoms with Crippen molar-refractivity contribution in [2.45, 2.75) is 32.6 Å². The Morgan fingerprint density at radius 1 is 1.04 bits per heavy atom. The van der Waals surface area contributed by atoms with Crippen LogP contribution in [0.1, 0.15) is 43.0 Å². The second-order valence-corrected chi connectivity index (χ2v) is 5.59. The summed E-state index contributed by atoms with van der Waals surface area (Å²) in [4.78, 5) is 12.4. The Balaban J connectivity index is 1.95. The maximum Gasteiger partial charge on any atom is 0.259 e. The number of benzene rings is 2. The summed E-state index contributed by atoms with van der Waals surface area (Å²) in [6, 6.07) is 14.6. The average Bonchev–Trinajstić information content (AvgIpc) is 2.62. The normalized spacial score (nSPS) is 10.2. The van der Waals surface area contributed by atoms with E-state index >= 15 is 0 Å². The highest BCUT2D eigenvalue weighted by molar-refractivity contribution is 6.06. The van der Waals surface area contributed by atoms with Crippen LogP contribution in [0.2, 0.25) is 0 Å². The number of anilines is 1.